The van der Waals surface area contributed by atoms with Gasteiger partial charge in [-0.25, -0.2) is 4.79 Å². The van der Waals surface area contributed by atoms with Gasteiger partial charge in [0.15, 0.2) is 0 Å². The number of rotatable bonds is 10. The summed E-state index contributed by atoms with van der Waals surface area (Å²) in [4.78, 5) is 50.6. The Bertz CT molecular complexity index is 1240. The molecule has 10 nitrogen and oxygen atoms in total. The SMILES string of the molecule is Cn1cc(CC(C(=O)O)N(C(=O)C(N)CC(=O)O)C(=O)C(N)Cc2ccccc2)c2ccccc21. The Balaban J connectivity index is 1.99. The number of benzene rings is 2. The molecule has 184 valence electrons. The molecule has 0 bridgehead atoms. The summed E-state index contributed by atoms with van der Waals surface area (Å²) >= 11 is 0. The van der Waals surface area contributed by atoms with Gasteiger partial charge in [-0.05, 0) is 23.6 Å². The lowest BCUT2D eigenvalue weighted by molar-refractivity contribution is -0.160. The van der Waals surface area contributed by atoms with Gasteiger partial charge in [-0.15, -0.1) is 0 Å². The highest BCUT2D eigenvalue weighted by Crippen LogP contribution is 2.24. The molecule has 35 heavy (non-hydrogen) atoms. The summed E-state index contributed by atoms with van der Waals surface area (Å²) < 4.78 is 1.81. The predicted molar refractivity (Wildman–Crippen MR) is 128 cm³/mol. The summed E-state index contributed by atoms with van der Waals surface area (Å²) in [5.41, 5.74) is 14.1. The highest BCUT2D eigenvalue weighted by Gasteiger charge is 2.40. The van der Waals surface area contributed by atoms with Crippen molar-refractivity contribution in [2.75, 3.05) is 0 Å². The van der Waals surface area contributed by atoms with Crippen molar-refractivity contribution in [3.8, 4) is 0 Å². The number of carboxylic acid groups (broad SMARTS) is 2. The molecule has 0 radical (unpaired) electrons. The molecule has 0 aliphatic rings. The second kappa shape index (κ2) is 10.9. The van der Waals surface area contributed by atoms with Gasteiger partial charge < -0.3 is 26.2 Å². The van der Waals surface area contributed by atoms with E-state index in [2.05, 4.69) is 0 Å². The third-order valence-corrected chi connectivity index (χ3v) is 5.79. The number of carbonyl (C=O) groups is 4. The van der Waals surface area contributed by atoms with Gasteiger partial charge in [0.25, 0.3) is 0 Å². The molecule has 3 aromatic rings. The number of aliphatic carboxylic acids is 2. The predicted octanol–water partition coefficient (Wildman–Crippen LogP) is 0.901. The number of amides is 2. The lowest BCUT2D eigenvalue weighted by atomic mass is 9.99. The Morgan fingerprint density at radius 2 is 1.49 bits per heavy atom. The summed E-state index contributed by atoms with van der Waals surface area (Å²) in [7, 11) is 1.80. The smallest absolute Gasteiger partial charge is 0.327 e. The van der Waals surface area contributed by atoms with Crippen molar-refractivity contribution in [1.29, 1.82) is 0 Å². The summed E-state index contributed by atoms with van der Waals surface area (Å²) in [5, 5.41) is 19.9. The maximum absolute atomic E-state index is 13.4. The molecular weight excluding hydrogens is 452 g/mol. The van der Waals surface area contributed by atoms with Crippen molar-refractivity contribution in [2.45, 2.75) is 37.4 Å². The zero-order valence-corrected chi connectivity index (χ0v) is 19.2. The van der Waals surface area contributed by atoms with Crippen LogP contribution in [0.15, 0.2) is 60.8 Å². The molecule has 3 atom stereocenters. The summed E-state index contributed by atoms with van der Waals surface area (Å²) in [6.45, 7) is 0. The highest BCUT2D eigenvalue weighted by atomic mass is 16.4. The number of carbonyl (C=O) groups excluding carboxylic acids is 2. The topological polar surface area (TPSA) is 169 Å². The molecule has 2 amide bonds. The Kier molecular flexibility index (Phi) is 8.00. The number of imide groups is 1. The average Bonchev–Trinajstić information content (AvgIpc) is 3.13. The minimum absolute atomic E-state index is 0.0538. The maximum Gasteiger partial charge on any atom is 0.327 e. The second-order valence-corrected chi connectivity index (χ2v) is 8.39. The van der Waals surface area contributed by atoms with E-state index in [9.17, 15) is 24.3 Å². The Morgan fingerprint density at radius 1 is 0.886 bits per heavy atom. The van der Waals surface area contributed by atoms with Crippen molar-refractivity contribution in [3.63, 3.8) is 0 Å². The number of hydrogen-bond donors (Lipinski definition) is 4. The first kappa shape index (κ1) is 25.6. The van der Waals surface area contributed by atoms with E-state index in [1.54, 1.807) is 49.6 Å². The number of aromatic nitrogens is 1. The standard InChI is InChI=1S/C25H28N4O6/c1-28-14-16(17-9-5-6-10-20(17)28)12-21(25(34)35)29(24(33)19(27)13-22(30)31)23(32)18(26)11-15-7-3-2-4-8-15/h2-10,14,18-19,21H,11-13,26-27H2,1H3,(H,30,31)(H,34,35). The minimum atomic E-state index is -1.64. The fourth-order valence-corrected chi connectivity index (χ4v) is 4.09. The van der Waals surface area contributed by atoms with Crippen LogP contribution in [0.4, 0.5) is 0 Å². The molecule has 3 rings (SSSR count). The van der Waals surface area contributed by atoms with Crippen LogP contribution in [0.5, 0.6) is 0 Å². The highest BCUT2D eigenvalue weighted by molar-refractivity contribution is 6.04. The van der Waals surface area contributed by atoms with Gasteiger partial charge in [-0.1, -0.05) is 48.5 Å². The normalized spacial score (nSPS) is 13.7. The van der Waals surface area contributed by atoms with E-state index in [0.717, 1.165) is 16.5 Å². The molecule has 0 aliphatic heterocycles. The molecule has 6 N–H and O–H groups in total. The number of nitrogens with two attached hydrogens (primary N) is 2. The lowest BCUT2D eigenvalue weighted by Gasteiger charge is -2.31. The van der Waals surface area contributed by atoms with E-state index in [1.165, 1.54) is 0 Å². The van der Waals surface area contributed by atoms with Crippen LogP contribution < -0.4 is 11.5 Å². The average molecular weight is 481 g/mol. The third kappa shape index (κ3) is 5.92. The van der Waals surface area contributed by atoms with Crippen LogP contribution in [0.25, 0.3) is 10.9 Å². The first-order valence-corrected chi connectivity index (χ1v) is 11.0. The van der Waals surface area contributed by atoms with Crippen molar-refractivity contribution in [1.82, 2.24) is 9.47 Å². The summed E-state index contributed by atoms with van der Waals surface area (Å²) in [6.07, 6.45) is 0.816. The molecule has 0 spiro atoms. The van der Waals surface area contributed by atoms with Gasteiger partial charge >= 0.3 is 11.9 Å². The first-order valence-electron chi connectivity index (χ1n) is 11.0. The van der Waals surface area contributed by atoms with Crippen LogP contribution in [0.3, 0.4) is 0 Å². The van der Waals surface area contributed by atoms with Gasteiger partial charge in [0.05, 0.1) is 18.5 Å². The van der Waals surface area contributed by atoms with E-state index in [-0.39, 0.29) is 12.8 Å². The number of para-hydroxylation sites is 1. The van der Waals surface area contributed by atoms with E-state index in [1.807, 2.05) is 22.8 Å². The molecule has 1 aromatic heterocycles. The van der Waals surface area contributed by atoms with Gasteiger partial charge in [-0.3, -0.25) is 19.3 Å². The quantitative estimate of drug-likeness (QED) is 0.332. The van der Waals surface area contributed by atoms with Crippen LogP contribution in [-0.4, -0.2) is 61.6 Å². The summed E-state index contributed by atoms with van der Waals surface area (Å²) in [6, 6.07) is 11.6. The molecule has 10 heteroatoms. The van der Waals surface area contributed by atoms with Crippen LogP contribution in [0.1, 0.15) is 17.5 Å². The Morgan fingerprint density at radius 3 is 2.11 bits per heavy atom. The molecule has 0 fully saturated rings. The van der Waals surface area contributed by atoms with E-state index in [0.29, 0.717) is 10.5 Å². The van der Waals surface area contributed by atoms with Crippen molar-refractivity contribution >= 4 is 34.7 Å². The van der Waals surface area contributed by atoms with E-state index < -0.39 is 48.3 Å². The molecule has 3 unspecified atom stereocenters. The number of nitrogens with zero attached hydrogens (tertiary/aromatic N) is 2. The van der Waals surface area contributed by atoms with E-state index in [4.69, 9.17) is 16.6 Å². The number of carboxylic acids is 2. The van der Waals surface area contributed by atoms with Gasteiger partial charge in [0, 0.05) is 30.6 Å². The zero-order valence-electron chi connectivity index (χ0n) is 19.2. The Labute approximate surface area is 201 Å². The third-order valence-electron chi connectivity index (χ3n) is 5.79. The maximum atomic E-state index is 13.4. The number of fused-ring (bicyclic) bond motifs is 1. The van der Waals surface area contributed by atoms with Gasteiger partial charge in [-0.2, -0.15) is 0 Å². The van der Waals surface area contributed by atoms with Gasteiger partial charge in [0.1, 0.15) is 6.04 Å². The van der Waals surface area contributed by atoms with Crippen LogP contribution in [0, 0.1) is 0 Å². The van der Waals surface area contributed by atoms with Crippen molar-refractivity contribution in [2.24, 2.45) is 18.5 Å². The largest absolute Gasteiger partial charge is 0.481 e. The number of hydrogen-bond acceptors (Lipinski definition) is 6. The molecule has 0 saturated carbocycles. The van der Waals surface area contributed by atoms with Crippen molar-refractivity contribution in [3.05, 3.63) is 71.9 Å². The van der Waals surface area contributed by atoms with Crippen molar-refractivity contribution < 1.29 is 29.4 Å². The first-order chi connectivity index (χ1) is 16.6. The fraction of sp³-hybridized carbons (Fsp3) is 0.280. The zero-order chi connectivity index (χ0) is 25.7. The fourth-order valence-electron chi connectivity index (χ4n) is 4.09. The van der Waals surface area contributed by atoms with Crippen LogP contribution in [0.2, 0.25) is 0 Å². The molecule has 2 aromatic carbocycles. The minimum Gasteiger partial charge on any atom is -0.481 e. The van der Waals surface area contributed by atoms with Gasteiger partial charge in [0.2, 0.25) is 11.8 Å². The monoisotopic (exact) mass is 480 g/mol. The summed E-state index contributed by atoms with van der Waals surface area (Å²) in [5.74, 6) is -4.83. The number of aryl methyl sites for hydroxylation is 1. The van der Waals surface area contributed by atoms with Crippen LogP contribution in [-0.2, 0) is 39.1 Å². The molecule has 0 saturated heterocycles. The lowest BCUT2D eigenvalue weighted by Crippen LogP contribution is -2.59. The second-order valence-electron chi connectivity index (χ2n) is 8.39. The molecule has 0 aliphatic carbocycles. The van der Waals surface area contributed by atoms with Crippen LogP contribution >= 0.6 is 0 Å². The Hall–Kier alpha value is -4.02. The molecule has 1 heterocycles. The molecular formula is C25H28N4O6. The van der Waals surface area contributed by atoms with E-state index >= 15 is 0 Å².